The normalized spacial score (nSPS) is 16.7. The first-order valence-corrected chi connectivity index (χ1v) is 8.10. The van der Waals surface area contributed by atoms with Gasteiger partial charge in [0.2, 0.25) is 0 Å². The predicted molar refractivity (Wildman–Crippen MR) is 67.1 cm³/mol. The fourth-order valence-corrected chi connectivity index (χ4v) is 3.80. The number of nitrogens with zero attached hydrogens (tertiary/aromatic N) is 1. The molecule has 2 rings (SSSR count). The van der Waals surface area contributed by atoms with Crippen LogP contribution in [-0.2, 0) is 19.6 Å². The van der Waals surface area contributed by atoms with Crippen molar-refractivity contribution in [1.82, 2.24) is 9.87 Å². The highest BCUT2D eigenvalue weighted by Crippen LogP contribution is 2.23. The van der Waals surface area contributed by atoms with Gasteiger partial charge in [0.25, 0.3) is 10.0 Å². The second-order valence-corrected chi connectivity index (χ2v) is 6.79. The summed E-state index contributed by atoms with van der Waals surface area (Å²) in [6.07, 6.45) is 3.61. The molecule has 0 spiro atoms. The van der Waals surface area contributed by atoms with E-state index in [2.05, 4.69) is 14.6 Å². The van der Waals surface area contributed by atoms with Crippen molar-refractivity contribution in [2.45, 2.75) is 36.0 Å². The van der Waals surface area contributed by atoms with E-state index in [0.717, 1.165) is 37.0 Å². The standard InChI is InChI=1S/C10H14N2O5S2/c1-16-9(13)8-10(18-6-11-8)19(14,15)12-17-7-4-2-3-5-7/h6-7,12H,2-5H2,1H3. The molecule has 1 heterocycles. The van der Waals surface area contributed by atoms with Crippen LogP contribution in [0, 0.1) is 0 Å². The largest absolute Gasteiger partial charge is 0.464 e. The first-order valence-electron chi connectivity index (χ1n) is 5.74. The van der Waals surface area contributed by atoms with Gasteiger partial charge in [-0.2, -0.15) is 0 Å². The third-order valence-electron chi connectivity index (χ3n) is 2.78. The molecule has 1 aliphatic carbocycles. The number of carbonyl (C=O) groups excluding carboxylic acids is 1. The van der Waals surface area contributed by atoms with Gasteiger partial charge in [0.1, 0.15) is 0 Å². The van der Waals surface area contributed by atoms with Crippen LogP contribution < -0.4 is 4.89 Å². The van der Waals surface area contributed by atoms with E-state index in [-0.39, 0.29) is 16.0 Å². The molecule has 0 radical (unpaired) electrons. The third-order valence-corrected chi connectivity index (χ3v) is 5.35. The second-order valence-electron chi connectivity index (χ2n) is 4.09. The number of sulfonamides is 1. The van der Waals surface area contributed by atoms with E-state index in [4.69, 9.17) is 4.84 Å². The number of esters is 1. The maximum atomic E-state index is 12.0. The van der Waals surface area contributed by atoms with E-state index in [0.29, 0.717) is 0 Å². The number of thiazole rings is 1. The lowest BCUT2D eigenvalue weighted by molar-refractivity contribution is 0.0224. The summed E-state index contributed by atoms with van der Waals surface area (Å²) in [5, 5.41) is 0. The van der Waals surface area contributed by atoms with E-state index >= 15 is 0 Å². The molecular weight excluding hydrogens is 292 g/mol. The first kappa shape index (κ1) is 14.4. The molecule has 1 aromatic rings. The number of hydrogen-bond acceptors (Lipinski definition) is 7. The zero-order valence-corrected chi connectivity index (χ0v) is 11.9. The Morgan fingerprint density at radius 2 is 2.16 bits per heavy atom. The van der Waals surface area contributed by atoms with E-state index in [1.54, 1.807) is 0 Å². The minimum Gasteiger partial charge on any atom is -0.464 e. The van der Waals surface area contributed by atoms with Gasteiger partial charge in [-0.25, -0.2) is 18.2 Å². The molecule has 1 N–H and O–H groups in total. The first-order chi connectivity index (χ1) is 9.04. The van der Waals surface area contributed by atoms with Gasteiger partial charge < -0.3 is 4.74 Å². The molecular formula is C10H14N2O5S2. The number of nitrogens with one attached hydrogen (secondary N) is 1. The summed E-state index contributed by atoms with van der Waals surface area (Å²) in [7, 11) is -2.74. The van der Waals surface area contributed by atoms with Gasteiger partial charge in [0.05, 0.1) is 18.7 Å². The van der Waals surface area contributed by atoms with Crippen molar-refractivity contribution in [3.05, 3.63) is 11.2 Å². The highest BCUT2D eigenvalue weighted by Gasteiger charge is 2.28. The molecule has 0 bridgehead atoms. The van der Waals surface area contributed by atoms with Crippen molar-refractivity contribution in [3.8, 4) is 0 Å². The van der Waals surface area contributed by atoms with E-state index in [1.165, 1.54) is 12.6 Å². The summed E-state index contributed by atoms with van der Waals surface area (Å²) in [5.41, 5.74) is 1.05. The Bertz CT molecular complexity index is 548. The van der Waals surface area contributed by atoms with Crippen molar-refractivity contribution in [1.29, 1.82) is 0 Å². The van der Waals surface area contributed by atoms with Crippen LogP contribution in [0.15, 0.2) is 9.72 Å². The van der Waals surface area contributed by atoms with Crippen molar-refractivity contribution >= 4 is 27.3 Å². The monoisotopic (exact) mass is 306 g/mol. The van der Waals surface area contributed by atoms with Crippen LogP contribution in [0.5, 0.6) is 0 Å². The highest BCUT2D eigenvalue weighted by atomic mass is 32.2. The molecule has 1 fully saturated rings. The lowest BCUT2D eigenvalue weighted by atomic mass is 10.3. The number of carbonyl (C=O) groups is 1. The number of ether oxygens (including phenoxy) is 1. The van der Waals surface area contributed by atoms with Gasteiger partial charge in [0, 0.05) is 0 Å². The molecule has 9 heteroatoms. The van der Waals surface area contributed by atoms with Crippen molar-refractivity contribution in [2.75, 3.05) is 7.11 Å². The molecule has 0 saturated heterocycles. The lowest BCUT2D eigenvalue weighted by Crippen LogP contribution is -2.29. The molecule has 0 atom stereocenters. The fraction of sp³-hybridized carbons (Fsp3) is 0.600. The van der Waals surface area contributed by atoms with E-state index in [9.17, 15) is 13.2 Å². The summed E-state index contributed by atoms with van der Waals surface area (Å²) in [6, 6.07) is 0. The minimum atomic E-state index is -3.91. The van der Waals surface area contributed by atoms with Gasteiger partial charge in [-0.1, -0.05) is 17.7 Å². The molecule has 106 valence electrons. The van der Waals surface area contributed by atoms with Crippen molar-refractivity contribution < 1.29 is 22.8 Å². The van der Waals surface area contributed by atoms with Gasteiger partial charge in [-0.3, -0.25) is 4.84 Å². The summed E-state index contributed by atoms with van der Waals surface area (Å²) in [6.45, 7) is 0. The SMILES string of the molecule is COC(=O)c1ncsc1S(=O)(=O)NOC1CCCC1. The third kappa shape index (κ3) is 3.30. The smallest absolute Gasteiger partial charge is 0.358 e. The highest BCUT2D eigenvalue weighted by molar-refractivity contribution is 7.91. The van der Waals surface area contributed by atoms with Crippen LogP contribution in [-0.4, -0.2) is 32.6 Å². The molecule has 1 aliphatic rings. The summed E-state index contributed by atoms with van der Waals surface area (Å²) in [4.78, 5) is 22.3. The van der Waals surface area contributed by atoms with Gasteiger partial charge in [0.15, 0.2) is 9.90 Å². The average Bonchev–Trinajstić information content (AvgIpc) is 3.06. The molecule has 1 saturated carbocycles. The molecule has 0 unspecified atom stereocenters. The van der Waals surface area contributed by atoms with Gasteiger partial charge in [-0.15, -0.1) is 11.3 Å². The second kappa shape index (κ2) is 5.95. The van der Waals surface area contributed by atoms with Crippen molar-refractivity contribution in [2.24, 2.45) is 0 Å². The van der Waals surface area contributed by atoms with Crippen LogP contribution in [0.3, 0.4) is 0 Å². The van der Waals surface area contributed by atoms with Crippen LogP contribution in [0.2, 0.25) is 0 Å². The van der Waals surface area contributed by atoms with Crippen molar-refractivity contribution in [3.63, 3.8) is 0 Å². The van der Waals surface area contributed by atoms with Crippen LogP contribution >= 0.6 is 11.3 Å². The number of rotatable bonds is 5. The van der Waals surface area contributed by atoms with Crippen LogP contribution in [0.1, 0.15) is 36.2 Å². The Hall–Kier alpha value is -1.03. The Morgan fingerprint density at radius 1 is 1.47 bits per heavy atom. The summed E-state index contributed by atoms with van der Waals surface area (Å²) < 4.78 is 28.3. The zero-order chi connectivity index (χ0) is 13.9. The summed E-state index contributed by atoms with van der Waals surface area (Å²) >= 11 is 0.840. The Kier molecular flexibility index (Phi) is 4.50. The Labute approximate surface area is 114 Å². The Balaban J connectivity index is 2.10. The zero-order valence-electron chi connectivity index (χ0n) is 10.3. The lowest BCUT2D eigenvalue weighted by Gasteiger charge is -2.11. The quantitative estimate of drug-likeness (QED) is 0.646. The fourth-order valence-electron chi connectivity index (χ4n) is 1.83. The van der Waals surface area contributed by atoms with E-state index in [1.807, 2.05) is 0 Å². The van der Waals surface area contributed by atoms with Crippen LogP contribution in [0.25, 0.3) is 0 Å². The maximum absolute atomic E-state index is 12.0. The number of hydrogen-bond donors (Lipinski definition) is 1. The molecule has 7 nitrogen and oxygen atoms in total. The molecule has 1 aromatic heterocycles. The van der Waals surface area contributed by atoms with Gasteiger partial charge in [-0.05, 0) is 12.8 Å². The predicted octanol–water partition coefficient (Wildman–Crippen LogP) is 1.08. The molecule has 0 aliphatic heterocycles. The average molecular weight is 306 g/mol. The van der Waals surface area contributed by atoms with E-state index < -0.39 is 16.0 Å². The van der Waals surface area contributed by atoms with Crippen LogP contribution in [0.4, 0.5) is 0 Å². The minimum absolute atomic E-state index is 0.107. The molecule has 19 heavy (non-hydrogen) atoms. The topological polar surface area (TPSA) is 94.6 Å². The van der Waals surface area contributed by atoms with Gasteiger partial charge >= 0.3 is 5.97 Å². The summed E-state index contributed by atoms with van der Waals surface area (Å²) in [5.74, 6) is -0.789. The number of methoxy groups -OCH3 is 1. The Morgan fingerprint density at radius 3 is 2.79 bits per heavy atom. The number of aromatic nitrogens is 1. The maximum Gasteiger partial charge on any atom is 0.358 e. The molecule has 0 amide bonds. The molecule has 0 aromatic carbocycles.